The van der Waals surface area contributed by atoms with E-state index in [1.54, 1.807) is 0 Å². The smallest absolute Gasteiger partial charge is 0.224 e. The molecule has 0 aromatic rings. The second-order valence-corrected chi connectivity index (χ2v) is 5.49. The number of hydrogen-bond donors (Lipinski definition) is 1. The van der Waals surface area contributed by atoms with E-state index in [9.17, 15) is 4.79 Å². The molecule has 2 aliphatic rings. The van der Waals surface area contributed by atoms with E-state index < -0.39 is 0 Å². The molecule has 17 heavy (non-hydrogen) atoms. The number of carbonyl (C=O) groups is 1. The van der Waals surface area contributed by atoms with Crippen LogP contribution < -0.4 is 5.73 Å². The first kappa shape index (κ1) is 12.6. The van der Waals surface area contributed by atoms with E-state index >= 15 is 0 Å². The predicted octanol–water partition coefficient (Wildman–Crippen LogP) is 1.79. The quantitative estimate of drug-likeness (QED) is 0.715. The molecule has 1 fully saturated rings. The third-order valence-corrected chi connectivity index (χ3v) is 4.77. The zero-order valence-corrected chi connectivity index (χ0v) is 11.0. The molecule has 0 radical (unpaired) electrons. The molecule has 0 aromatic heterocycles. The lowest BCUT2D eigenvalue weighted by Gasteiger charge is -2.34. The fourth-order valence-electron chi connectivity index (χ4n) is 3.55. The highest BCUT2D eigenvalue weighted by atomic mass is 16.1. The van der Waals surface area contributed by atoms with E-state index in [0.717, 1.165) is 38.9 Å². The van der Waals surface area contributed by atoms with Gasteiger partial charge >= 0.3 is 0 Å². The highest BCUT2D eigenvalue weighted by Gasteiger charge is 2.51. The van der Waals surface area contributed by atoms with Gasteiger partial charge < -0.3 is 10.6 Å². The van der Waals surface area contributed by atoms with Crippen molar-refractivity contribution >= 4 is 5.91 Å². The molecule has 96 valence electrons. The maximum Gasteiger partial charge on any atom is 0.224 e. The number of amides is 1. The first-order valence-corrected chi connectivity index (χ1v) is 6.83. The molecule has 1 saturated carbocycles. The highest BCUT2D eigenvalue weighted by Crippen LogP contribution is 2.53. The Morgan fingerprint density at radius 2 is 2.12 bits per heavy atom. The summed E-state index contributed by atoms with van der Waals surface area (Å²) in [6.07, 6.45) is 7.53. The van der Waals surface area contributed by atoms with Crippen LogP contribution in [0.1, 0.15) is 33.1 Å². The van der Waals surface area contributed by atoms with Gasteiger partial charge in [0.2, 0.25) is 5.91 Å². The molecule has 0 aromatic carbocycles. The van der Waals surface area contributed by atoms with Crippen LogP contribution in [0.5, 0.6) is 0 Å². The summed E-state index contributed by atoms with van der Waals surface area (Å²) < 4.78 is 0. The van der Waals surface area contributed by atoms with Crippen LogP contribution in [0.25, 0.3) is 0 Å². The van der Waals surface area contributed by atoms with Crippen LogP contribution in [0.3, 0.4) is 0 Å². The zero-order chi connectivity index (χ0) is 12.5. The third-order valence-electron chi connectivity index (χ3n) is 4.77. The van der Waals surface area contributed by atoms with Crippen molar-refractivity contribution in [2.24, 2.45) is 23.0 Å². The minimum absolute atomic E-state index is 0.0819. The van der Waals surface area contributed by atoms with Crippen LogP contribution >= 0.6 is 0 Å². The van der Waals surface area contributed by atoms with Gasteiger partial charge in [0.25, 0.3) is 0 Å². The molecule has 2 aliphatic carbocycles. The van der Waals surface area contributed by atoms with Crippen molar-refractivity contribution in [1.82, 2.24) is 4.90 Å². The summed E-state index contributed by atoms with van der Waals surface area (Å²) in [6.45, 7) is 7.43. The van der Waals surface area contributed by atoms with Crippen molar-refractivity contribution in [3.05, 3.63) is 12.2 Å². The van der Waals surface area contributed by atoms with Gasteiger partial charge in [0, 0.05) is 0 Å². The van der Waals surface area contributed by atoms with E-state index in [1.165, 1.54) is 0 Å². The van der Waals surface area contributed by atoms with Gasteiger partial charge in [-0.15, -0.1) is 0 Å². The SMILES string of the molecule is CCN(CC)CC[C@]1(C(N)=O)C[C@H]2C=C[C@H]1C2. The summed E-state index contributed by atoms with van der Waals surface area (Å²) in [5, 5.41) is 0. The Kier molecular flexibility index (Phi) is 3.57. The van der Waals surface area contributed by atoms with Gasteiger partial charge in [-0.25, -0.2) is 0 Å². The topological polar surface area (TPSA) is 46.3 Å². The highest BCUT2D eigenvalue weighted by molar-refractivity contribution is 5.82. The van der Waals surface area contributed by atoms with Crippen LogP contribution in [0.4, 0.5) is 0 Å². The number of nitrogens with zero attached hydrogens (tertiary/aromatic N) is 1. The molecule has 0 heterocycles. The largest absolute Gasteiger partial charge is 0.369 e. The van der Waals surface area contributed by atoms with Crippen molar-refractivity contribution in [2.45, 2.75) is 33.1 Å². The molecule has 0 unspecified atom stereocenters. The lowest BCUT2D eigenvalue weighted by Crippen LogP contribution is -2.43. The predicted molar refractivity (Wildman–Crippen MR) is 69.4 cm³/mol. The average Bonchev–Trinajstić information content (AvgIpc) is 2.91. The maximum absolute atomic E-state index is 11.9. The Labute approximate surface area is 104 Å². The number of hydrogen-bond acceptors (Lipinski definition) is 2. The number of primary amides is 1. The van der Waals surface area contributed by atoms with Gasteiger partial charge in [-0.3, -0.25) is 4.79 Å². The molecule has 0 aliphatic heterocycles. The van der Waals surface area contributed by atoms with Gasteiger partial charge in [-0.2, -0.15) is 0 Å². The minimum atomic E-state index is -0.248. The van der Waals surface area contributed by atoms with Gasteiger partial charge in [-0.05, 0) is 50.7 Å². The summed E-state index contributed by atoms with van der Waals surface area (Å²) in [5.74, 6) is 0.922. The molecule has 2 rings (SSSR count). The molecular weight excluding hydrogens is 212 g/mol. The van der Waals surface area contributed by atoms with Gasteiger partial charge in [0.05, 0.1) is 5.41 Å². The molecule has 3 nitrogen and oxygen atoms in total. The molecule has 2 N–H and O–H groups in total. The van der Waals surface area contributed by atoms with Crippen LogP contribution in [-0.4, -0.2) is 30.4 Å². The molecule has 1 amide bonds. The average molecular weight is 236 g/mol. The molecular formula is C14H24N2O. The monoisotopic (exact) mass is 236 g/mol. The van der Waals surface area contributed by atoms with Crippen molar-refractivity contribution < 1.29 is 4.79 Å². The molecule has 3 heteroatoms. The zero-order valence-electron chi connectivity index (χ0n) is 11.0. The Morgan fingerprint density at radius 1 is 1.41 bits per heavy atom. The summed E-state index contributed by atoms with van der Waals surface area (Å²) in [7, 11) is 0. The minimum Gasteiger partial charge on any atom is -0.369 e. The van der Waals surface area contributed by atoms with Gasteiger partial charge in [0.15, 0.2) is 0 Å². The molecule has 2 bridgehead atoms. The van der Waals surface area contributed by atoms with Crippen LogP contribution in [0.2, 0.25) is 0 Å². The second-order valence-electron chi connectivity index (χ2n) is 5.49. The van der Waals surface area contributed by atoms with Gasteiger partial charge in [-0.1, -0.05) is 26.0 Å². The van der Waals surface area contributed by atoms with E-state index in [1.807, 2.05) is 0 Å². The van der Waals surface area contributed by atoms with Crippen molar-refractivity contribution in [3.63, 3.8) is 0 Å². The Balaban J connectivity index is 2.04. The first-order chi connectivity index (χ1) is 8.12. The van der Waals surface area contributed by atoms with E-state index in [4.69, 9.17) is 5.73 Å². The summed E-state index contributed by atoms with van der Waals surface area (Å²) in [5.41, 5.74) is 5.45. The van der Waals surface area contributed by atoms with Crippen molar-refractivity contribution in [1.29, 1.82) is 0 Å². The van der Waals surface area contributed by atoms with Crippen LogP contribution in [0.15, 0.2) is 12.2 Å². The fourth-order valence-corrected chi connectivity index (χ4v) is 3.55. The Bertz CT molecular complexity index is 322. The molecule has 0 saturated heterocycles. The fraction of sp³-hybridized carbons (Fsp3) is 0.786. The Morgan fingerprint density at radius 3 is 2.53 bits per heavy atom. The standard InChI is InChI=1S/C14H24N2O/c1-3-16(4-2)8-7-14(13(15)17)10-11-5-6-12(14)9-11/h5-6,11-12H,3-4,7-10H2,1-2H3,(H2,15,17)/t11-,12-,14-/m0/s1. The summed E-state index contributed by atoms with van der Waals surface area (Å²) in [6, 6.07) is 0. The van der Waals surface area contributed by atoms with Gasteiger partial charge in [0.1, 0.15) is 0 Å². The van der Waals surface area contributed by atoms with E-state index in [-0.39, 0.29) is 11.3 Å². The third kappa shape index (κ3) is 2.13. The van der Waals surface area contributed by atoms with Crippen LogP contribution in [0, 0.1) is 17.3 Å². The lowest BCUT2D eigenvalue weighted by atomic mass is 9.72. The van der Waals surface area contributed by atoms with E-state index in [0.29, 0.717) is 11.8 Å². The Hall–Kier alpha value is -0.830. The maximum atomic E-state index is 11.9. The normalized spacial score (nSPS) is 34.8. The van der Waals surface area contributed by atoms with Crippen molar-refractivity contribution in [3.8, 4) is 0 Å². The second kappa shape index (κ2) is 4.81. The molecule has 3 atom stereocenters. The number of rotatable bonds is 6. The van der Waals surface area contributed by atoms with Crippen LogP contribution in [-0.2, 0) is 4.79 Å². The number of carbonyl (C=O) groups excluding carboxylic acids is 1. The van der Waals surface area contributed by atoms with E-state index in [2.05, 4.69) is 30.9 Å². The number of nitrogens with two attached hydrogens (primary N) is 1. The summed E-state index contributed by atoms with van der Waals surface area (Å²) >= 11 is 0. The molecule has 0 spiro atoms. The first-order valence-electron chi connectivity index (χ1n) is 6.83. The lowest BCUT2D eigenvalue weighted by molar-refractivity contribution is -0.129. The number of fused-ring (bicyclic) bond motifs is 2. The number of allylic oxidation sites excluding steroid dienone is 2. The summed E-state index contributed by atoms with van der Waals surface area (Å²) in [4.78, 5) is 14.2. The van der Waals surface area contributed by atoms with Crippen molar-refractivity contribution in [2.75, 3.05) is 19.6 Å².